The van der Waals surface area contributed by atoms with Crippen molar-refractivity contribution in [3.63, 3.8) is 0 Å². The summed E-state index contributed by atoms with van der Waals surface area (Å²) in [6.45, 7) is 3.98. The van der Waals surface area contributed by atoms with Gasteiger partial charge in [0.25, 0.3) is 0 Å². The molecule has 0 fully saturated rings. The summed E-state index contributed by atoms with van der Waals surface area (Å²) < 4.78 is 0. The molecule has 0 spiro atoms. The molecular formula is C14H20O. The first kappa shape index (κ1) is 12.0. The van der Waals surface area contributed by atoms with Crippen molar-refractivity contribution in [3.8, 4) is 0 Å². The zero-order chi connectivity index (χ0) is 11.1. The maximum absolute atomic E-state index is 9.13. The van der Waals surface area contributed by atoms with Crippen molar-refractivity contribution in [3.05, 3.63) is 47.5 Å². The van der Waals surface area contributed by atoms with Crippen molar-refractivity contribution in [2.75, 3.05) is 0 Å². The summed E-state index contributed by atoms with van der Waals surface area (Å²) in [6, 6.07) is 10.5. The van der Waals surface area contributed by atoms with Gasteiger partial charge in [0.05, 0.1) is 6.10 Å². The molecule has 1 nitrogen and oxygen atoms in total. The zero-order valence-electron chi connectivity index (χ0n) is 9.61. The van der Waals surface area contributed by atoms with Gasteiger partial charge in [-0.15, -0.1) is 0 Å². The Kier molecular flexibility index (Phi) is 5.13. The Balaban J connectivity index is 2.38. The Morgan fingerprint density at radius 2 is 2.00 bits per heavy atom. The first-order chi connectivity index (χ1) is 7.18. The van der Waals surface area contributed by atoms with Crippen LogP contribution in [0, 0.1) is 0 Å². The molecule has 0 saturated carbocycles. The van der Waals surface area contributed by atoms with Crippen LogP contribution >= 0.6 is 0 Å². The van der Waals surface area contributed by atoms with Gasteiger partial charge in [-0.05, 0) is 38.7 Å². The van der Waals surface area contributed by atoms with Gasteiger partial charge in [0.15, 0.2) is 0 Å². The number of hydrogen-bond acceptors (Lipinski definition) is 1. The fraction of sp³-hybridized carbons (Fsp3) is 0.429. The third kappa shape index (κ3) is 5.38. The molecule has 1 unspecified atom stereocenters. The van der Waals surface area contributed by atoms with E-state index in [1.165, 1.54) is 11.1 Å². The van der Waals surface area contributed by atoms with E-state index in [1.54, 1.807) is 0 Å². The quantitative estimate of drug-likeness (QED) is 0.729. The molecule has 1 rings (SSSR count). The van der Waals surface area contributed by atoms with E-state index in [-0.39, 0.29) is 6.10 Å². The van der Waals surface area contributed by atoms with E-state index in [1.807, 2.05) is 13.0 Å². The summed E-state index contributed by atoms with van der Waals surface area (Å²) in [5.74, 6) is 0. The van der Waals surface area contributed by atoms with Crippen LogP contribution in [0.25, 0.3) is 0 Å². The molecule has 1 aromatic rings. The Labute approximate surface area is 92.5 Å². The van der Waals surface area contributed by atoms with Crippen molar-refractivity contribution in [2.24, 2.45) is 0 Å². The van der Waals surface area contributed by atoms with Gasteiger partial charge in [-0.3, -0.25) is 0 Å². The average molecular weight is 204 g/mol. The molecule has 0 aliphatic heterocycles. The van der Waals surface area contributed by atoms with E-state index in [4.69, 9.17) is 5.11 Å². The molecule has 0 amide bonds. The van der Waals surface area contributed by atoms with E-state index in [0.29, 0.717) is 0 Å². The fourth-order valence-electron chi connectivity index (χ4n) is 1.56. The van der Waals surface area contributed by atoms with Crippen LogP contribution in [0.5, 0.6) is 0 Å². The van der Waals surface area contributed by atoms with Crippen molar-refractivity contribution in [1.29, 1.82) is 0 Å². The molecule has 0 heterocycles. The van der Waals surface area contributed by atoms with Gasteiger partial charge in [-0.25, -0.2) is 0 Å². The van der Waals surface area contributed by atoms with Gasteiger partial charge >= 0.3 is 0 Å². The van der Waals surface area contributed by atoms with E-state index >= 15 is 0 Å². The maximum atomic E-state index is 9.13. The monoisotopic (exact) mass is 204 g/mol. The molecule has 1 N–H and O–H groups in total. The minimum atomic E-state index is -0.189. The van der Waals surface area contributed by atoms with Gasteiger partial charge in [-0.2, -0.15) is 0 Å². The second-order valence-corrected chi connectivity index (χ2v) is 4.14. The molecule has 1 aromatic carbocycles. The molecule has 0 aliphatic rings. The molecule has 0 radical (unpaired) electrons. The number of aliphatic hydroxyl groups excluding tert-OH is 1. The Morgan fingerprint density at radius 3 is 2.60 bits per heavy atom. The van der Waals surface area contributed by atoms with Crippen LogP contribution in [0.4, 0.5) is 0 Å². The van der Waals surface area contributed by atoms with Crippen LogP contribution < -0.4 is 0 Å². The molecular weight excluding hydrogens is 184 g/mol. The molecule has 0 saturated heterocycles. The first-order valence-corrected chi connectivity index (χ1v) is 5.56. The van der Waals surface area contributed by atoms with Gasteiger partial charge in [0.1, 0.15) is 0 Å². The van der Waals surface area contributed by atoms with Crippen molar-refractivity contribution < 1.29 is 5.11 Å². The third-order valence-electron chi connectivity index (χ3n) is 2.40. The van der Waals surface area contributed by atoms with E-state index in [0.717, 1.165) is 19.3 Å². The highest BCUT2D eigenvalue weighted by Crippen LogP contribution is 2.09. The van der Waals surface area contributed by atoms with E-state index in [2.05, 4.69) is 37.3 Å². The summed E-state index contributed by atoms with van der Waals surface area (Å²) in [5, 5.41) is 9.13. The minimum Gasteiger partial charge on any atom is -0.393 e. The molecule has 1 heteroatoms. The standard InChI is InChI=1S/C14H20O/c1-12(7-6-8-13(2)15)11-14-9-4-3-5-10-14/h3-5,7,9-10,13,15H,6,8,11H2,1-2H3/b12-7+. The van der Waals surface area contributed by atoms with Crippen molar-refractivity contribution >= 4 is 0 Å². The molecule has 82 valence electrons. The number of hydrogen-bond donors (Lipinski definition) is 1. The molecule has 15 heavy (non-hydrogen) atoms. The fourth-order valence-corrected chi connectivity index (χ4v) is 1.56. The Bertz CT molecular complexity index is 298. The number of rotatable bonds is 5. The van der Waals surface area contributed by atoms with Crippen LogP contribution in [-0.4, -0.2) is 11.2 Å². The largest absolute Gasteiger partial charge is 0.393 e. The predicted molar refractivity (Wildman–Crippen MR) is 64.8 cm³/mol. The van der Waals surface area contributed by atoms with Gasteiger partial charge in [-0.1, -0.05) is 42.0 Å². The zero-order valence-corrected chi connectivity index (χ0v) is 9.61. The molecule has 0 aromatic heterocycles. The number of aliphatic hydroxyl groups is 1. The maximum Gasteiger partial charge on any atom is 0.0515 e. The average Bonchev–Trinajstić information content (AvgIpc) is 2.18. The molecule has 0 bridgehead atoms. The normalized spacial score (nSPS) is 13.9. The van der Waals surface area contributed by atoms with Crippen LogP contribution in [0.3, 0.4) is 0 Å². The summed E-state index contributed by atoms with van der Waals surface area (Å²) in [6.07, 6.45) is 4.87. The molecule has 0 aliphatic carbocycles. The predicted octanol–water partition coefficient (Wildman–Crippen LogP) is 3.34. The van der Waals surface area contributed by atoms with Crippen LogP contribution in [0.15, 0.2) is 42.0 Å². The molecule has 1 atom stereocenters. The summed E-state index contributed by atoms with van der Waals surface area (Å²) >= 11 is 0. The number of allylic oxidation sites excluding steroid dienone is 2. The van der Waals surface area contributed by atoms with E-state index in [9.17, 15) is 0 Å². The minimum absolute atomic E-state index is 0.189. The lowest BCUT2D eigenvalue weighted by molar-refractivity contribution is 0.186. The highest BCUT2D eigenvalue weighted by molar-refractivity contribution is 5.20. The Morgan fingerprint density at radius 1 is 1.33 bits per heavy atom. The smallest absolute Gasteiger partial charge is 0.0515 e. The van der Waals surface area contributed by atoms with Crippen LogP contribution in [-0.2, 0) is 6.42 Å². The van der Waals surface area contributed by atoms with Crippen molar-refractivity contribution in [2.45, 2.75) is 39.2 Å². The third-order valence-corrected chi connectivity index (χ3v) is 2.40. The summed E-state index contributed by atoms with van der Waals surface area (Å²) in [4.78, 5) is 0. The SMILES string of the molecule is C/C(=C\CCC(C)O)Cc1ccccc1. The lowest BCUT2D eigenvalue weighted by Crippen LogP contribution is -1.97. The lowest BCUT2D eigenvalue weighted by Gasteiger charge is -2.03. The second kappa shape index (κ2) is 6.41. The first-order valence-electron chi connectivity index (χ1n) is 5.56. The highest BCUT2D eigenvalue weighted by atomic mass is 16.3. The van der Waals surface area contributed by atoms with E-state index < -0.39 is 0 Å². The lowest BCUT2D eigenvalue weighted by atomic mass is 10.0. The second-order valence-electron chi connectivity index (χ2n) is 4.14. The van der Waals surface area contributed by atoms with Crippen LogP contribution in [0.1, 0.15) is 32.3 Å². The topological polar surface area (TPSA) is 20.2 Å². The number of benzene rings is 1. The highest BCUT2D eigenvalue weighted by Gasteiger charge is 1.95. The summed E-state index contributed by atoms with van der Waals surface area (Å²) in [7, 11) is 0. The van der Waals surface area contributed by atoms with Gasteiger partial charge < -0.3 is 5.11 Å². The van der Waals surface area contributed by atoms with Gasteiger partial charge in [0.2, 0.25) is 0 Å². The van der Waals surface area contributed by atoms with Gasteiger partial charge in [0, 0.05) is 0 Å². The van der Waals surface area contributed by atoms with Crippen molar-refractivity contribution in [1.82, 2.24) is 0 Å². The van der Waals surface area contributed by atoms with Crippen LogP contribution in [0.2, 0.25) is 0 Å². The Hall–Kier alpha value is -1.08. The summed E-state index contributed by atoms with van der Waals surface area (Å²) in [5.41, 5.74) is 2.73.